The second kappa shape index (κ2) is 7.65. The van der Waals surface area contributed by atoms with Crippen molar-refractivity contribution in [1.82, 2.24) is 19.9 Å². The fourth-order valence-corrected chi connectivity index (χ4v) is 3.49. The number of piperidine rings is 1. The molecule has 1 aliphatic rings. The van der Waals surface area contributed by atoms with Crippen LogP contribution in [0.5, 0.6) is 5.75 Å². The Morgan fingerprint density at radius 2 is 1.80 bits per heavy atom. The van der Waals surface area contributed by atoms with Gasteiger partial charge in [-0.05, 0) is 42.5 Å². The molecule has 3 N–H and O–H groups in total. The van der Waals surface area contributed by atoms with Gasteiger partial charge in [0.2, 0.25) is 11.9 Å². The van der Waals surface area contributed by atoms with Gasteiger partial charge in [-0.15, -0.1) is 0 Å². The van der Waals surface area contributed by atoms with Crippen molar-refractivity contribution in [2.75, 3.05) is 31.2 Å². The van der Waals surface area contributed by atoms with Gasteiger partial charge in [-0.2, -0.15) is 15.0 Å². The van der Waals surface area contributed by atoms with Crippen LogP contribution in [0, 0.1) is 11.8 Å². The van der Waals surface area contributed by atoms with Crippen LogP contribution in [-0.2, 0) is 6.54 Å². The molecule has 1 aromatic heterocycles. The third kappa shape index (κ3) is 4.79. The normalized spacial score (nSPS) is 21.1. The number of nitrogens with two attached hydrogens (primary N) is 1. The molecule has 7 heteroatoms. The quantitative estimate of drug-likeness (QED) is 0.863. The van der Waals surface area contributed by atoms with Crippen molar-refractivity contribution in [2.24, 2.45) is 11.8 Å². The van der Waals surface area contributed by atoms with Crippen LogP contribution in [0.25, 0.3) is 0 Å². The van der Waals surface area contributed by atoms with Crippen molar-refractivity contribution in [3.05, 3.63) is 30.1 Å². The number of nitrogen functional groups attached to an aromatic ring is 1. The SMILES string of the molecule is COc1ccc(Nc2nc(N)nc(CN3CC(C)CC(C)C3)n2)cc1. The van der Waals surface area contributed by atoms with Crippen molar-refractivity contribution < 1.29 is 4.74 Å². The molecule has 0 bridgehead atoms. The highest BCUT2D eigenvalue weighted by Gasteiger charge is 2.22. The van der Waals surface area contributed by atoms with E-state index in [2.05, 4.69) is 39.0 Å². The molecule has 0 spiro atoms. The summed E-state index contributed by atoms with van der Waals surface area (Å²) in [5, 5.41) is 3.17. The summed E-state index contributed by atoms with van der Waals surface area (Å²) in [6.45, 7) is 7.41. The maximum atomic E-state index is 5.88. The Balaban J connectivity index is 1.71. The zero-order valence-electron chi connectivity index (χ0n) is 15.1. The number of nitrogens with one attached hydrogen (secondary N) is 1. The van der Waals surface area contributed by atoms with Crippen molar-refractivity contribution in [3.8, 4) is 5.75 Å². The average molecular weight is 342 g/mol. The minimum atomic E-state index is 0.235. The zero-order valence-corrected chi connectivity index (χ0v) is 15.1. The van der Waals surface area contributed by atoms with Crippen molar-refractivity contribution in [3.63, 3.8) is 0 Å². The number of rotatable bonds is 5. The summed E-state index contributed by atoms with van der Waals surface area (Å²) in [6, 6.07) is 7.58. The summed E-state index contributed by atoms with van der Waals surface area (Å²) in [4.78, 5) is 15.4. The van der Waals surface area contributed by atoms with Crippen LogP contribution >= 0.6 is 0 Å². The fraction of sp³-hybridized carbons (Fsp3) is 0.500. The Labute approximate surface area is 148 Å². The van der Waals surface area contributed by atoms with Crippen LogP contribution in [0.15, 0.2) is 24.3 Å². The molecule has 1 aromatic carbocycles. The number of aromatic nitrogens is 3. The summed E-state index contributed by atoms with van der Waals surface area (Å²) < 4.78 is 5.16. The van der Waals surface area contributed by atoms with Gasteiger partial charge in [0.15, 0.2) is 0 Å². The van der Waals surface area contributed by atoms with E-state index in [9.17, 15) is 0 Å². The number of hydrogen-bond acceptors (Lipinski definition) is 7. The first-order chi connectivity index (χ1) is 12.0. The highest BCUT2D eigenvalue weighted by Crippen LogP contribution is 2.22. The van der Waals surface area contributed by atoms with Gasteiger partial charge in [-0.3, -0.25) is 4.90 Å². The first kappa shape index (κ1) is 17.4. The molecule has 1 fully saturated rings. The Morgan fingerprint density at radius 3 is 2.44 bits per heavy atom. The number of methoxy groups -OCH3 is 1. The molecule has 134 valence electrons. The summed E-state index contributed by atoms with van der Waals surface area (Å²) in [7, 11) is 1.64. The van der Waals surface area contributed by atoms with Crippen molar-refractivity contribution in [2.45, 2.75) is 26.8 Å². The van der Waals surface area contributed by atoms with Crippen molar-refractivity contribution >= 4 is 17.6 Å². The second-order valence-corrected chi connectivity index (χ2v) is 6.93. The summed E-state index contributed by atoms with van der Waals surface area (Å²) >= 11 is 0. The Morgan fingerprint density at radius 1 is 1.12 bits per heavy atom. The van der Waals surface area contributed by atoms with Crippen LogP contribution in [-0.4, -0.2) is 40.1 Å². The predicted octanol–water partition coefficient (Wildman–Crippen LogP) is 2.68. The smallest absolute Gasteiger partial charge is 0.232 e. The third-order valence-electron chi connectivity index (χ3n) is 4.35. The first-order valence-electron chi connectivity index (χ1n) is 8.65. The number of benzene rings is 1. The van der Waals surface area contributed by atoms with E-state index in [1.54, 1.807) is 7.11 Å². The molecule has 2 unspecified atom stereocenters. The lowest BCUT2D eigenvalue weighted by molar-refractivity contribution is 0.131. The van der Waals surface area contributed by atoms with E-state index in [1.807, 2.05) is 24.3 Å². The highest BCUT2D eigenvalue weighted by atomic mass is 16.5. The Hall–Kier alpha value is -2.41. The summed E-state index contributed by atoms with van der Waals surface area (Å²) in [5.74, 6) is 3.59. The van der Waals surface area contributed by atoms with E-state index in [1.165, 1.54) is 6.42 Å². The van der Waals surface area contributed by atoms with Crippen LogP contribution in [0.2, 0.25) is 0 Å². The van der Waals surface area contributed by atoms with Gasteiger partial charge in [-0.1, -0.05) is 13.8 Å². The fourth-order valence-electron chi connectivity index (χ4n) is 3.49. The van der Waals surface area contributed by atoms with Crippen LogP contribution in [0.3, 0.4) is 0 Å². The van der Waals surface area contributed by atoms with Gasteiger partial charge in [0.1, 0.15) is 11.6 Å². The lowest BCUT2D eigenvalue weighted by atomic mass is 9.92. The molecule has 0 radical (unpaired) electrons. The molecule has 7 nitrogen and oxygen atoms in total. The average Bonchev–Trinajstić information content (AvgIpc) is 2.54. The molecule has 0 aliphatic carbocycles. The van der Waals surface area contributed by atoms with E-state index >= 15 is 0 Å². The lowest BCUT2D eigenvalue weighted by Crippen LogP contribution is -2.38. The van der Waals surface area contributed by atoms with E-state index in [-0.39, 0.29) is 5.95 Å². The largest absolute Gasteiger partial charge is 0.497 e. The molecule has 1 aliphatic heterocycles. The Bertz CT molecular complexity index is 695. The molecule has 1 saturated heterocycles. The number of likely N-dealkylation sites (tertiary alicyclic amines) is 1. The minimum Gasteiger partial charge on any atom is -0.497 e. The van der Waals surface area contributed by atoms with Gasteiger partial charge in [0, 0.05) is 18.8 Å². The molecular weight excluding hydrogens is 316 g/mol. The van der Waals surface area contributed by atoms with Crippen LogP contribution in [0.1, 0.15) is 26.1 Å². The van der Waals surface area contributed by atoms with E-state index in [0.29, 0.717) is 30.2 Å². The summed E-state index contributed by atoms with van der Waals surface area (Å²) in [5.41, 5.74) is 6.75. The summed E-state index contributed by atoms with van der Waals surface area (Å²) in [6.07, 6.45) is 1.28. The van der Waals surface area contributed by atoms with E-state index in [4.69, 9.17) is 10.5 Å². The monoisotopic (exact) mass is 342 g/mol. The molecule has 2 heterocycles. The molecule has 25 heavy (non-hydrogen) atoms. The standard InChI is InChI=1S/C18H26N6O/c1-12-8-13(2)10-24(9-12)11-16-21-17(19)23-18(22-16)20-14-4-6-15(25-3)7-5-14/h4-7,12-13H,8-11H2,1-3H3,(H3,19,20,21,22,23). The number of nitrogens with zero attached hydrogens (tertiary/aromatic N) is 4. The minimum absolute atomic E-state index is 0.235. The Kier molecular flexibility index (Phi) is 5.33. The van der Waals surface area contributed by atoms with E-state index < -0.39 is 0 Å². The van der Waals surface area contributed by atoms with Gasteiger partial charge in [0.05, 0.1) is 13.7 Å². The van der Waals surface area contributed by atoms with Gasteiger partial charge in [-0.25, -0.2) is 0 Å². The van der Waals surface area contributed by atoms with Crippen LogP contribution in [0.4, 0.5) is 17.6 Å². The lowest BCUT2D eigenvalue weighted by Gasteiger charge is -2.34. The first-order valence-corrected chi connectivity index (χ1v) is 8.65. The molecule has 2 atom stereocenters. The molecule has 0 amide bonds. The topological polar surface area (TPSA) is 89.2 Å². The van der Waals surface area contributed by atoms with Crippen LogP contribution < -0.4 is 15.8 Å². The molecular formula is C18H26N6O. The molecule has 3 rings (SSSR count). The number of anilines is 3. The second-order valence-electron chi connectivity index (χ2n) is 6.93. The molecule has 2 aromatic rings. The maximum Gasteiger partial charge on any atom is 0.232 e. The zero-order chi connectivity index (χ0) is 17.8. The van der Waals surface area contributed by atoms with E-state index in [0.717, 1.165) is 24.5 Å². The highest BCUT2D eigenvalue weighted by molar-refractivity contribution is 5.55. The van der Waals surface area contributed by atoms with Gasteiger partial charge >= 0.3 is 0 Å². The van der Waals surface area contributed by atoms with Crippen molar-refractivity contribution in [1.29, 1.82) is 0 Å². The maximum absolute atomic E-state index is 5.88. The molecule has 0 saturated carbocycles. The van der Waals surface area contributed by atoms with Gasteiger partial charge < -0.3 is 15.8 Å². The predicted molar refractivity (Wildman–Crippen MR) is 98.7 cm³/mol. The number of hydrogen-bond donors (Lipinski definition) is 2. The van der Waals surface area contributed by atoms with Gasteiger partial charge in [0.25, 0.3) is 0 Å². The third-order valence-corrected chi connectivity index (χ3v) is 4.35. The number of ether oxygens (including phenoxy) is 1.